The van der Waals surface area contributed by atoms with Crippen LogP contribution in [0.25, 0.3) is 0 Å². The van der Waals surface area contributed by atoms with Crippen LogP contribution in [0.3, 0.4) is 0 Å². The monoisotopic (exact) mass is 346 g/mol. The minimum absolute atomic E-state index is 0.300. The van der Waals surface area contributed by atoms with E-state index in [9.17, 15) is 22.0 Å². The topological polar surface area (TPSA) is 0 Å². The highest BCUT2D eigenvalue weighted by Crippen LogP contribution is 2.36. The summed E-state index contributed by atoms with van der Waals surface area (Å²) in [6.45, 7) is 2.01. The Morgan fingerprint density at radius 1 is 1.00 bits per heavy atom. The molecule has 1 fully saturated rings. The molecule has 1 aliphatic rings. The van der Waals surface area contributed by atoms with Gasteiger partial charge in [0.2, 0.25) is 0 Å². The van der Waals surface area contributed by atoms with Crippen molar-refractivity contribution in [3.8, 4) is 0 Å². The molecule has 1 saturated carbocycles. The van der Waals surface area contributed by atoms with Crippen LogP contribution in [0.2, 0.25) is 0 Å². The van der Waals surface area contributed by atoms with Gasteiger partial charge in [0.05, 0.1) is 0 Å². The summed E-state index contributed by atoms with van der Waals surface area (Å²) in [4.78, 5) is 0. The molecule has 0 radical (unpaired) electrons. The molecular weight excluding hydrogens is 323 g/mol. The van der Waals surface area contributed by atoms with E-state index in [0.29, 0.717) is 23.8 Å². The first-order valence-corrected chi connectivity index (χ1v) is 8.47. The Hall–Kier alpha value is -1.39. The van der Waals surface area contributed by atoms with E-state index in [1.807, 2.05) is 6.92 Å². The molecule has 0 heterocycles. The van der Waals surface area contributed by atoms with Crippen LogP contribution in [0, 0.1) is 23.5 Å². The zero-order valence-electron chi connectivity index (χ0n) is 13.8. The molecule has 0 aromatic heterocycles. The first-order valence-electron chi connectivity index (χ1n) is 8.47. The quantitative estimate of drug-likeness (QED) is 0.411. The standard InChI is InChI=1S/C19H23F5/c1-2-3-4-13-5-7-14(8-6-13)9-10-15-11-16(20)18(17(21)12-15)19(22,23)24/h2-3,11-14H,4-10H2,1H3/b3-2+. The number of alkyl halides is 3. The van der Waals surface area contributed by atoms with Crippen LogP contribution in [0.4, 0.5) is 22.0 Å². The van der Waals surface area contributed by atoms with Crippen molar-refractivity contribution in [2.24, 2.45) is 11.8 Å². The van der Waals surface area contributed by atoms with Gasteiger partial charge in [-0.1, -0.05) is 25.0 Å². The third-order valence-electron chi connectivity index (χ3n) is 4.90. The fraction of sp³-hybridized carbons (Fsp3) is 0.579. The van der Waals surface area contributed by atoms with Crippen molar-refractivity contribution >= 4 is 0 Å². The average Bonchev–Trinajstić information content (AvgIpc) is 2.50. The predicted octanol–water partition coefficient (Wildman–Crippen LogP) is 6.69. The van der Waals surface area contributed by atoms with Crippen LogP contribution in [-0.4, -0.2) is 0 Å². The third kappa shape index (κ3) is 5.05. The molecule has 2 rings (SSSR count). The van der Waals surface area contributed by atoms with Crippen molar-refractivity contribution in [3.05, 3.63) is 47.0 Å². The third-order valence-corrected chi connectivity index (χ3v) is 4.90. The SMILES string of the molecule is C/C=C/CC1CCC(CCc2cc(F)c(C(F)(F)F)c(F)c2)CC1. The van der Waals surface area contributed by atoms with Gasteiger partial charge in [-0.05, 0) is 68.6 Å². The molecule has 0 amide bonds. The van der Waals surface area contributed by atoms with Crippen LogP contribution < -0.4 is 0 Å². The summed E-state index contributed by atoms with van der Waals surface area (Å²) in [6, 6.07) is 1.65. The van der Waals surface area contributed by atoms with Gasteiger partial charge in [-0.25, -0.2) is 8.78 Å². The second-order valence-electron chi connectivity index (χ2n) is 6.66. The van der Waals surface area contributed by atoms with Crippen LogP contribution in [0.15, 0.2) is 24.3 Å². The molecular formula is C19H23F5. The van der Waals surface area contributed by atoms with E-state index in [-0.39, 0.29) is 0 Å². The summed E-state index contributed by atoms with van der Waals surface area (Å²) in [5, 5.41) is 0. The fourth-order valence-electron chi connectivity index (χ4n) is 3.50. The number of halogens is 5. The highest BCUT2D eigenvalue weighted by molar-refractivity contribution is 5.28. The molecule has 0 unspecified atom stereocenters. The Kier molecular flexibility index (Phi) is 6.41. The Morgan fingerprint density at radius 3 is 2.04 bits per heavy atom. The van der Waals surface area contributed by atoms with Crippen molar-refractivity contribution in [3.63, 3.8) is 0 Å². The number of rotatable bonds is 5. The summed E-state index contributed by atoms with van der Waals surface area (Å²) in [6.07, 6.45) is 5.95. The van der Waals surface area contributed by atoms with E-state index in [2.05, 4.69) is 12.2 Å². The first kappa shape index (κ1) is 18.9. The Balaban J connectivity index is 1.90. The van der Waals surface area contributed by atoms with E-state index in [1.54, 1.807) is 0 Å². The lowest BCUT2D eigenvalue weighted by Gasteiger charge is -2.28. The maximum absolute atomic E-state index is 13.6. The second-order valence-corrected chi connectivity index (χ2v) is 6.66. The lowest BCUT2D eigenvalue weighted by Crippen LogP contribution is -2.15. The van der Waals surface area contributed by atoms with Crippen molar-refractivity contribution < 1.29 is 22.0 Å². The molecule has 5 heteroatoms. The summed E-state index contributed by atoms with van der Waals surface area (Å²) < 4.78 is 64.8. The fourth-order valence-corrected chi connectivity index (χ4v) is 3.50. The molecule has 0 spiro atoms. The molecule has 24 heavy (non-hydrogen) atoms. The summed E-state index contributed by atoms with van der Waals surface area (Å²) in [5.74, 6) is -1.85. The molecule has 0 saturated heterocycles. The number of allylic oxidation sites excluding steroid dienone is 2. The summed E-state index contributed by atoms with van der Waals surface area (Å²) in [7, 11) is 0. The van der Waals surface area contributed by atoms with Gasteiger partial charge in [0.25, 0.3) is 0 Å². The molecule has 0 aliphatic heterocycles. The zero-order chi connectivity index (χ0) is 17.7. The first-order chi connectivity index (χ1) is 11.3. The van der Waals surface area contributed by atoms with Gasteiger partial charge < -0.3 is 0 Å². The van der Waals surface area contributed by atoms with Crippen LogP contribution in [0.5, 0.6) is 0 Å². The molecule has 1 aromatic carbocycles. The molecule has 1 aliphatic carbocycles. The normalized spacial score (nSPS) is 22.2. The number of aryl methyl sites for hydroxylation is 1. The van der Waals surface area contributed by atoms with E-state index in [4.69, 9.17) is 0 Å². The molecule has 0 N–H and O–H groups in total. The number of hydrogen-bond acceptors (Lipinski definition) is 0. The molecule has 0 nitrogen and oxygen atoms in total. The largest absolute Gasteiger partial charge is 0.422 e. The van der Waals surface area contributed by atoms with Crippen LogP contribution in [-0.2, 0) is 12.6 Å². The lowest BCUT2D eigenvalue weighted by atomic mass is 9.78. The van der Waals surface area contributed by atoms with E-state index >= 15 is 0 Å². The highest BCUT2D eigenvalue weighted by Gasteiger charge is 2.37. The number of benzene rings is 1. The predicted molar refractivity (Wildman–Crippen MR) is 84.6 cm³/mol. The Morgan fingerprint density at radius 2 is 1.54 bits per heavy atom. The number of hydrogen-bond donors (Lipinski definition) is 0. The van der Waals surface area contributed by atoms with Gasteiger partial charge in [-0.2, -0.15) is 13.2 Å². The maximum Gasteiger partial charge on any atom is 0.422 e. The van der Waals surface area contributed by atoms with Gasteiger partial charge in [-0.3, -0.25) is 0 Å². The average molecular weight is 346 g/mol. The molecule has 1 aromatic rings. The summed E-state index contributed by atoms with van der Waals surface area (Å²) >= 11 is 0. The second kappa shape index (κ2) is 8.13. The van der Waals surface area contributed by atoms with E-state index < -0.39 is 23.4 Å². The molecule has 0 bridgehead atoms. The van der Waals surface area contributed by atoms with Crippen molar-refractivity contribution in [2.75, 3.05) is 0 Å². The van der Waals surface area contributed by atoms with Crippen LogP contribution >= 0.6 is 0 Å². The Bertz CT molecular complexity index is 543. The van der Waals surface area contributed by atoms with Gasteiger partial charge >= 0.3 is 6.18 Å². The van der Waals surface area contributed by atoms with E-state index in [1.165, 1.54) is 0 Å². The van der Waals surface area contributed by atoms with Crippen molar-refractivity contribution in [2.45, 2.75) is 58.0 Å². The van der Waals surface area contributed by atoms with Gasteiger partial charge in [0.1, 0.15) is 17.2 Å². The molecule has 0 atom stereocenters. The Labute approximate surface area is 139 Å². The van der Waals surface area contributed by atoms with Gasteiger partial charge in [0.15, 0.2) is 0 Å². The van der Waals surface area contributed by atoms with E-state index in [0.717, 1.165) is 50.7 Å². The maximum atomic E-state index is 13.6. The van der Waals surface area contributed by atoms with Crippen molar-refractivity contribution in [1.82, 2.24) is 0 Å². The van der Waals surface area contributed by atoms with Gasteiger partial charge in [-0.15, -0.1) is 0 Å². The minimum atomic E-state index is -5.00. The minimum Gasteiger partial charge on any atom is -0.206 e. The van der Waals surface area contributed by atoms with Crippen LogP contribution in [0.1, 0.15) is 56.6 Å². The zero-order valence-corrected chi connectivity index (χ0v) is 13.8. The van der Waals surface area contributed by atoms with Gasteiger partial charge in [0, 0.05) is 0 Å². The highest BCUT2D eigenvalue weighted by atomic mass is 19.4. The summed E-state index contributed by atoms with van der Waals surface area (Å²) in [5.41, 5.74) is -1.50. The molecule has 134 valence electrons. The lowest BCUT2D eigenvalue weighted by molar-refractivity contribution is -0.142. The smallest absolute Gasteiger partial charge is 0.206 e. The van der Waals surface area contributed by atoms with Crippen molar-refractivity contribution in [1.29, 1.82) is 0 Å².